The number of nitrogens with zero attached hydrogens (tertiary/aromatic N) is 1. The Hall–Kier alpha value is -3.05. The summed E-state index contributed by atoms with van der Waals surface area (Å²) in [6.45, 7) is 0. The highest BCUT2D eigenvalue weighted by Gasteiger charge is 2.31. The van der Waals surface area contributed by atoms with E-state index in [1.807, 2.05) is 54.6 Å². The molecule has 0 saturated carbocycles. The van der Waals surface area contributed by atoms with Crippen LogP contribution in [0.2, 0.25) is 5.02 Å². The van der Waals surface area contributed by atoms with E-state index in [1.54, 1.807) is 12.1 Å². The van der Waals surface area contributed by atoms with E-state index in [0.29, 0.717) is 5.02 Å². The summed E-state index contributed by atoms with van der Waals surface area (Å²) in [6.07, 6.45) is 5.19. The molecule has 1 aliphatic heterocycles. The van der Waals surface area contributed by atoms with Gasteiger partial charge < -0.3 is 15.2 Å². The molecule has 0 saturated heterocycles. The number of aliphatic hydroxyl groups excluding tert-OH is 1. The highest BCUT2D eigenvalue weighted by molar-refractivity contribution is 6.30. The van der Waals surface area contributed by atoms with Gasteiger partial charge in [-0.05, 0) is 29.8 Å². The van der Waals surface area contributed by atoms with E-state index in [4.69, 9.17) is 16.3 Å². The van der Waals surface area contributed by atoms with Crippen LogP contribution in [0.1, 0.15) is 5.56 Å². The predicted molar refractivity (Wildman–Crippen MR) is 108 cm³/mol. The van der Waals surface area contributed by atoms with Crippen molar-refractivity contribution in [3.8, 4) is 0 Å². The zero-order valence-electron chi connectivity index (χ0n) is 14.7. The largest absolute Gasteiger partial charge is 0.509 e. The van der Waals surface area contributed by atoms with Gasteiger partial charge in [-0.15, -0.1) is 0 Å². The van der Waals surface area contributed by atoms with Crippen LogP contribution in [0.4, 0.5) is 5.69 Å². The molecule has 2 unspecified atom stereocenters. The SMILES string of the molecule is COC(=O)C1=C(O)C(C(/C=C/c2ccccc2)Nc2ccc(Cl)cc2)N=C1. The number of ether oxygens (including phenoxy) is 1. The Labute approximate surface area is 162 Å². The number of anilines is 1. The van der Waals surface area contributed by atoms with Gasteiger partial charge in [-0.3, -0.25) is 4.99 Å². The lowest BCUT2D eigenvalue weighted by molar-refractivity contribution is -0.135. The van der Waals surface area contributed by atoms with Crippen molar-refractivity contribution < 1.29 is 14.6 Å². The van der Waals surface area contributed by atoms with Gasteiger partial charge in [0.15, 0.2) is 0 Å². The first-order chi connectivity index (χ1) is 13.1. The average molecular weight is 383 g/mol. The molecular weight excluding hydrogens is 364 g/mol. The summed E-state index contributed by atoms with van der Waals surface area (Å²) in [5.74, 6) is -0.734. The lowest BCUT2D eigenvalue weighted by Crippen LogP contribution is -2.31. The fourth-order valence-corrected chi connectivity index (χ4v) is 2.86. The molecule has 0 spiro atoms. The molecule has 27 heavy (non-hydrogen) atoms. The Morgan fingerprint density at radius 3 is 2.59 bits per heavy atom. The fraction of sp³-hybridized carbons (Fsp3) is 0.143. The third-order valence-corrected chi connectivity index (χ3v) is 4.39. The van der Waals surface area contributed by atoms with Gasteiger partial charge in [0.05, 0.1) is 13.2 Å². The minimum Gasteiger partial charge on any atom is -0.509 e. The van der Waals surface area contributed by atoms with Crippen molar-refractivity contribution in [3.63, 3.8) is 0 Å². The standard InChI is InChI=1S/C21H19ClN2O3/c1-27-21(26)17-13-23-19(20(17)25)18(12-7-14-5-3-2-4-6-14)24-16-10-8-15(22)9-11-16/h2-13,18-19,24-25H,1H3/b12-7+. The summed E-state index contributed by atoms with van der Waals surface area (Å²) in [4.78, 5) is 16.1. The summed E-state index contributed by atoms with van der Waals surface area (Å²) in [5.41, 5.74) is 1.90. The predicted octanol–water partition coefficient (Wildman–Crippen LogP) is 4.27. The Morgan fingerprint density at radius 2 is 1.93 bits per heavy atom. The quantitative estimate of drug-likeness (QED) is 0.732. The minimum atomic E-state index is -0.644. The van der Waals surface area contributed by atoms with Crippen LogP contribution in [-0.4, -0.2) is 36.5 Å². The second-order valence-corrected chi connectivity index (χ2v) is 6.40. The van der Waals surface area contributed by atoms with E-state index in [0.717, 1.165) is 11.3 Å². The number of esters is 1. The van der Waals surface area contributed by atoms with E-state index >= 15 is 0 Å². The maximum atomic E-state index is 11.8. The number of nitrogens with one attached hydrogen (secondary N) is 1. The second kappa shape index (κ2) is 8.56. The van der Waals surface area contributed by atoms with E-state index in [9.17, 15) is 9.90 Å². The number of aliphatic imine (C=N–C) groups is 1. The zero-order valence-corrected chi connectivity index (χ0v) is 15.4. The van der Waals surface area contributed by atoms with Crippen molar-refractivity contribution in [2.75, 3.05) is 12.4 Å². The van der Waals surface area contributed by atoms with Crippen LogP contribution in [0.25, 0.3) is 6.08 Å². The molecule has 138 valence electrons. The molecule has 1 heterocycles. The molecule has 0 amide bonds. The number of aliphatic hydroxyl groups is 1. The Bertz CT molecular complexity index is 889. The number of benzene rings is 2. The van der Waals surface area contributed by atoms with E-state index in [1.165, 1.54) is 13.3 Å². The topological polar surface area (TPSA) is 70.9 Å². The highest BCUT2D eigenvalue weighted by Crippen LogP contribution is 2.24. The Morgan fingerprint density at radius 1 is 1.22 bits per heavy atom. The lowest BCUT2D eigenvalue weighted by atomic mass is 10.0. The van der Waals surface area contributed by atoms with Crippen molar-refractivity contribution in [1.82, 2.24) is 0 Å². The van der Waals surface area contributed by atoms with Gasteiger partial charge in [0.25, 0.3) is 0 Å². The maximum absolute atomic E-state index is 11.8. The molecule has 2 atom stereocenters. The van der Waals surface area contributed by atoms with Crippen LogP contribution in [0, 0.1) is 0 Å². The molecule has 0 aliphatic carbocycles. The molecule has 2 aromatic rings. The number of hydrogen-bond donors (Lipinski definition) is 2. The second-order valence-electron chi connectivity index (χ2n) is 5.96. The number of methoxy groups -OCH3 is 1. The first kappa shape index (κ1) is 18.7. The summed E-state index contributed by atoms with van der Waals surface area (Å²) < 4.78 is 4.69. The van der Waals surface area contributed by atoms with Crippen LogP contribution in [0.15, 0.2) is 77.0 Å². The van der Waals surface area contributed by atoms with Gasteiger partial charge in [-0.1, -0.05) is 54.1 Å². The molecule has 0 fully saturated rings. The van der Waals surface area contributed by atoms with Crippen LogP contribution in [0.5, 0.6) is 0 Å². The maximum Gasteiger partial charge on any atom is 0.342 e. The van der Waals surface area contributed by atoms with Crippen molar-refractivity contribution in [3.05, 3.63) is 82.6 Å². The van der Waals surface area contributed by atoms with Crippen molar-refractivity contribution in [1.29, 1.82) is 0 Å². The van der Waals surface area contributed by atoms with Gasteiger partial charge >= 0.3 is 5.97 Å². The fourth-order valence-electron chi connectivity index (χ4n) is 2.73. The summed E-state index contributed by atoms with van der Waals surface area (Å²) >= 11 is 5.95. The van der Waals surface area contributed by atoms with Gasteiger partial charge in [-0.25, -0.2) is 4.79 Å². The van der Waals surface area contributed by atoms with Gasteiger partial charge in [0.1, 0.15) is 17.4 Å². The Balaban J connectivity index is 1.89. The first-order valence-corrected chi connectivity index (χ1v) is 8.76. The van der Waals surface area contributed by atoms with E-state index < -0.39 is 12.0 Å². The zero-order chi connectivity index (χ0) is 19.2. The van der Waals surface area contributed by atoms with Crippen LogP contribution < -0.4 is 5.32 Å². The third kappa shape index (κ3) is 4.57. The van der Waals surface area contributed by atoms with Gasteiger partial charge in [0.2, 0.25) is 0 Å². The molecule has 0 radical (unpaired) electrons. The Kier molecular flexibility index (Phi) is 5.94. The molecule has 5 nitrogen and oxygen atoms in total. The normalized spacial score (nSPS) is 17.3. The van der Waals surface area contributed by atoms with Crippen molar-refractivity contribution in [2.45, 2.75) is 12.1 Å². The molecule has 0 aromatic heterocycles. The first-order valence-electron chi connectivity index (χ1n) is 8.38. The van der Waals surface area contributed by atoms with Gasteiger partial charge in [-0.2, -0.15) is 0 Å². The smallest absolute Gasteiger partial charge is 0.342 e. The van der Waals surface area contributed by atoms with Crippen LogP contribution in [0.3, 0.4) is 0 Å². The number of carbonyl (C=O) groups excluding carboxylic acids is 1. The molecule has 2 aromatic carbocycles. The van der Waals surface area contributed by atoms with Crippen LogP contribution >= 0.6 is 11.6 Å². The average Bonchev–Trinajstić information content (AvgIpc) is 3.08. The summed E-state index contributed by atoms with van der Waals surface area (Å²) in [7, 11) is 1.27. The molecule has 1 aliphatic rings. The number of hydrogen-bond acceptors (Lipinski definition) is 5. The number of halogens is 1. The molecule has 3 rings (SSSR count). The monoisotopic (exact) mass is 382 g/mol. The molecular formula is C21H19ClN2O3. The number of rotatable bonds is 6. The minimum absolute atomic E-state index is 0.0681. The molecule has 0 bridgehead atoms. The summed E-state index contributed by atoms with van der Waals surface area (Å²) in [6, 6.07) is 16.0. The van der Waals surface area contributed by atoms with Crippen LogP contribution in [-0.2, 0) is 9.53 Å². The third-order valence-electron chi connectivity index (χ3n) is 4.14. The van der Waals surface area contributed by atoms with E-state index in [2.05, 4.69) is 10.3 Å². The molecule has 6 heteroatoms. The highest BCUT2D eigenvalue weighted by atomic mass is 35.5. The van der Waals surface area contributed by atoms with Crippen molar-refractivity contribution >= 4 is 35.5 Å². The van der Waals surface area contributed by atoms with Gasteiger partial charge in [0, 0.05) is 16.9 Å². The molecule has 2 N–H and O–H groups in total. The number of carbonyl (C=O) groups is 1. The summed E-state index contributed by atoms with van der Waals surface area (Å²) in [5, 5.41) is 14.5. The van der Waals surface area contributed by atoms with E-state index in [-0.39, 0.29) is 17.4 Å². The lowest BCUT2D eigenvalue weighted by Gasteiger charge is -2.21. The van der Waals surface area contributed by atoms with Crippen molar-refractivity contribution in [2.24, 2.45) is 4.99 Å².